The zero-order valence-corrected chi connectivity index (χ0v) is 15.4. The van der Waals surface area contributed by atoms with E-state index in [0.29, 0.717) is 0 Å². The average Bonchev–Trinajstić information content (AvgIpc) is 2.17. The van der Waals surface area contributed by atoms with Gasteiger partial charge in [0.15, 0.2) is 6.29 Å². The number of hydrogen-bond donors (Lipinski definition) is 4. The largest absolute Gasteiger partial charge is 2.00 e. The molecule has 5 atom stereocenters. The second-order valence-electron chi connectivity index (χ2n) is 3.25. The Morgan fingerprint density at radius 3 is 1.85 bits per heavy atom. The van der Waals surface area contributed by atoms with Gasteiger partial charge >= 0.3 is 48.9 Å². The van der Waals surface area contributed by atoms with E-state index in [2.05, 4.69) is 9.26 Å². The molecule has 0 saturated carbocycles. The van der Waals surface area contributed by atoms with Crippen LogP contribution in [-0.2, 0) is 13.8 Å². The van der Waals surface area contributed by atoms with Crippen molar-refractivity contribution in [1.82, 2.24) is 0 Å². The fourth-order valence-electron chi connectivity index (χ4n) is 1.28. The van der Waals surface area contributed by atoms with Crippen molar-refractivity contribution in [2.24, 2.45) is 0 Å². The monoisotopic (exact) mass is 450 g/mol. The summed E-state index contributed by atoms with van der Waals surface area (Å²) in [7, 11) is -5.41. The molecule has 1 rings (SSSR count). The molecule has 20 heavy (non-hydrogen) atoms. The van der Waals surface area contributed by atoms with Crippen LogP contribution in [0, 0.1) is 0 Å². The van der Waals surface area contributed by atoms with Crippen molar-refractivity contribution in [3.05, 3.63) is 0 Å². The summed E-state index contributed by atoms with van der Waals surface area (Å²) >= 11 is 0. The van der Waals surface area contributed by atoms with Crippen LogP contribution in [0.5, 0.6) is 0 Å². The number of rotatable bonds is 3. The Kier molecular flexibility index (Phi) is 17.4. The summed E-state index contributed by atoms with van der Waals surface area (Å²) in [5.41, 5.74) is 0. The van der Waals surface area contributed by atoms with Crippen molar-refractivity contribution < 1.29 is 60.5 Å². The fraction of sp³-hybridized carbons (Fsp3) is 1.00. The van der Waals surface area contributed by atoms with Crippen molar-refractivity contribution in [1.29, 1.82) is 0 Å². The Morgan fingerprint density at radius 2 is 1.50 bits per heavy atom. The van der Waals surface area contributed by atoms with Gasteiger partial charge in [-0.2, -0.15) is 0 Å². The summed E-state index contributed by atoms with van der Waals surface area (Å²) in [6.07, 6.45) is -8.61. The zero-order valence-electron chi connectivity index (χ0n) is 10.1. The summed E-state index contributed by atoms with van der Waals surface area (Å²) in [6, 6.07) is 0. The minimum Gasteiger partial charge on any atom is -0.790 e. The number of aliphatic hydroxyl groups excluding tert-OH is 4. The molecule has 12 nitrogen and oxygen atoms in total. The molecule has 1 aliphatic rings. The van der Waals surface area contributed by atoms with E-state index in [1.807, 2.05) is 0 Å². The third-order valence-electron chi connectivity index (χ3n) is 2.08. The van der Waals surface area contributed by atoms with Gasteiger partial charge in [0.05, 0.1) is 14.4 Å². The van der Waals surface area contributed by atoms with E-state index in [-0.39, 0.29) is 65.3 Å². The third kappa shape index (κ3) is 8.12. The van der Waals surface area contributed by atoms with E-state index in [4.69, 9.17) is 5.11 Å². The summed E-state index contributed by atoms with van der Waals surface area (Å²) in [5, 5.41) is 36.5. The van der Waals surface area contributed by atoms with Crippen LogP contribution in [-0.4, -0.2) is 123 Å². The normalized spacial score (nSPS) is 32.8. The maximum Gasteiger partial charge on any atom is 2.00 e. The van der Waals surface area contributed by atoms with E-state index in [1.54, 1.807) is 0 Å². The molecule has 0 aromatic carbocycles. The smallest absolute Gasteiger partial charge is 0.790 e. The number of aliphatic hydroxyl groups is 4. The number of phosphoric acid groups is 1. The topological polar surface area (TPSA) is 257 Å². The Labute approximate surface area is 153 Å². The second-order valence-corrected chi connectivity index (χ2v) is 4.36. The van der Waals surface area contributed by atoms with Crippen molar-refractivity contribution in [2.45, 2.75) is 30.7 Å². The summed E-state index contributed by atoms with van der Waals surface area (Å²) < 4.78 is 18.7. The molecule has 1 heterocycles. The van der Waals surface area contributed by atoms with Crippen LogP contribution < -0.4 is 9.79 Å². The second kappa shape index (κ2) is 11.9. The van der Waals surface area contributed by atoms with E-state index >= 15 is 0 Å². The van der Waals surface area contributed by atoms with Crippen LogP contribution in [0.1, 0.15) is 0 Å². The van der Waals surface area contributed by atoms with Gasteiger partial charge in [-0.3, -0.25) is 0 Å². The minimum absolute atomic E-state index is 0. The van der Waals surface area contributed by atoms with Crippen molar-refractivity contribution in [3.8, 4) is 0 Å². The first-order chi connectivity index (χ1) is 7.26. The van der Waals surface area contributed by atoms with Gasteiger partial charge in [0, 0.05) is 0 Å². The summed E-state index contributed by atoms with van der Waals surface area (Å²) in [6.45, 7) is -0.743. The standard InChI is InChI=1S/C6H13O9P.Ba.3H2O/c7-1-2-3(8)4(9)5(10)6(14-2)15-16(11,12)13;;;;/h2-10H,1H2,(H2,11,12,13);;3*1H2/q;+2;;;/p-2/t2-,3-,4+,5-,6-;;;;/m1..../s1. The molecule has 1 saturated heterocycles. The first kappa shape index (κ1) is 29.4. The Morgan fingerprint density at radius 1 is 1.05 bits per heavy atom. The summed E-state index contributed by atoms with van der Waals surface area (Å²) in [4.78, 5) is 20.6. The van der Waals surface area contributed by atoms with Crippen LogP contribution in [0.25, 0.3) is 0 Å². The molecule has 0 amide bonds. The Balaban J connectivity index is -0.000000320. The first-order valence-corrected chi connectivity index (χ1v) is 5.73. The molecule has 120 valence electrons. The molecular weight excluding hydrogens is 432 g/mol. The van der Waals surface area contributed by atoms with E-state index in [1.165, 1.54) is 0 Å². The van der Waals surface area contributed by atoms with Crippen LogP contribution in [0.4, 0.5) is 0 Å². The van der Waals surface area contributed by atoms with Gasteiger partial charge in [0.1, 0.15) is 24.4 Å². The van der Waals surface area contributed by atoms with Crippen LogP contribution in [0.15, 0.2) is 0 Å². The van der Waals surface area contributed by atoms with E-state index < -0.39 is 45.1 Å². The van der Waals surface area contributed by atoms with Gasteiger partial charge in [-0.1, -0.05) is 0 Å². The molecule has 0 aromatic heterocycles. The van der Waals surface area contributed by atoms with Crippen LogP contribution in [0.3, 0.4) is 0 Å². The van der Waals surface area contributed by atoms with Gasteiger partial charge in [-0.15, -0.1) is 0 Å². The zero-order chi connectivity index (χ0) is 12.5. The molecule has 0 spiro atoms. The van der Waals surface area contributed by atoms with Crippen molar-refractivity contribution >= 4 is 56.7 Å². The number of hydrogen-bond acceptors (Lipinski definition) is 9. The minimum atomic E-state index is -5.41. The Hall–Kier alpha value is 1.36. The third-order valence-corrected chi connectivity index (χ3v) is 2.55. The number of phosphoric ester groups is 1. The molecule has 0 bridgehead atoms. The molecule has 0 radical (unpaired) electrons. The molecule has 1 fully saturated rings. The maximum absolute atomic E-state index is 10.3. The SMILES string of the molecule is O.O.O.O=P([O-])([O-])O[C@H]1O[C@H](CO)[C@@H](O)[C@H](O)[C@H]1O.[Ba+2]. The van der Waals surface area contributed by atoms with Gasteiger partial charge in [0.25, 0.3) is 0 Å². The predicted molar refractivity (Wildman–Crippen MR) is 59.1 cm³/mol. The summed E-state index contributed by atoms with van der Waals surface area (Å²) in [5.74, 6) is 0. The van der Waals surface area contributed by atoms with Crippen LogP contribution >= 0.6 is 7.82 Å². The fourth-order valence-corrected chi connectivity index (χ4v) is 1.71. The maximum atomic E-state index is 10.3. The molecule has 0 aromatic rings. The molecular formula is C6H17BaO12P. The van der Waals surface area contributed by atoms with E-state index in [0.717, 1.165) is 0 Å². The van der Waals surface area contributed by atoms with Crippen LogP contribution in [0.2, 0.25) is 0 Å². The molecule has 1 aliphatic heterocycles. The van der Waals surface area contributed by atoms with Gasteiger partial charge in [0.2, 0.25) is 0 Å². The molecule has 0 unspecified atom stereocenters. The molecule has 10 N–H and O–H groups in total. The van der Waals surface area contributed by atoms with Crippen molar-refractivity contribution in [2.75, 3.05) is 6.61 Å². The number of ether oxygens (including phenoxy) is 1. The van der Waals surface area contributed by atoms with E-state index in [9.17, 15) is 29.7 Å². The molecule has 0 aliphatic carbocycles. The first-order valence-electron chi connectivity index (χ1n) is 4.27. The van der Waals surface area contributed by atoms with Gasteiger partial charge < -0.3 is 60.5 Å². The van der Waals surface area contributed by atoms with Gasteiger partial charge in [-0.25, -0.2) is 0 Å². The van der Waals surface area contributed by atoms with Crippen molar-refractivity contribution in [3.63, 3.8) is 0 Å². The van der Waals surface area contributed by atoms with Gasteiger partial charge in [-0.05, 0) is 0 Å². The molecule has 14 heteroatoms. The Bertz CT molecular complexity index is 283. The predicted octanol–water partition coefficient (Wildman–Crippen LogP) is -7.22. The average molecular weight is 449 g/mol. The quantitative estimate of drug-likeness (QED) is 0.235.